The Kier molecular flexibility index (Phi) is 4.26. The Balaban J connectivity index is 1.95. The molecule has 0 aliphatic rings. The number of aryl methyl sites for hydroxylation is 3. The van der Waals surface area contributed by atoms with Crippen molar-refractivity contribution < 1.29 is 0 Å². The molecule has 0 aliphatic carbocycles. The molecule has 0 fully saturated rings. The molecule has 0 bridgehead atoms. The lowest BCUT2D eigenvalue weighted by molar-refractivity contribution is 0.530. The van der Waals surface area contributed by atoms with Gasteiger partial charge in [-0.1, -0.05) is 0 Å². The first kappa shape index (κ1) is 13.9. The second-order valence-corrected chi connectivity index (χ2v) is 6.14. The maximum atomic E-state index is 5.89. The fourth-order valence-electron chi connectivity index (χ4n) is 2.31. The number of benzene rings is 1. The van der Waals surface area contributed by atoms with Gasteiger partial charge in [0.1, 0.15) is 5.82 Å². The van der Waals surface area contributed by atoms with Crippen LogP contribution >= 0.6 is 34.2 Å². The van der Waals surface area contributed by atoms with Crippen molar-refractivity contribution in [1.82, 2.24) is 19.3 Å². The number of aromatic nitrogens is 4. The van der Waals surface area contributed by atoms with Gasteiger partial charge in [0, 0.05) is 34.8 Å². The summed E-state index contributed by atoms with van der Waals surface area (Å²) in [4.78, 5) is 4.71. The van der Waals surface area contributed by atoms with Gasteiger partial charge in [0.2, 0.25) is 0 Å². The summed E-state index contributed by atoms with van der Waals surface area (Å²) in [5, 5.41) is 4.24. The van der Waals surface area contributed by atoms with Crippen LogP contribution in [0.4, 0.5) is 0 Å². The van der Waals surface area contributed by atoms with Gasteiger partial charge in [0.05, 0.1) is 17.6 Å². The molecule has 2 aromatic heterocycles. The summed E-state index contributed by atoms with van der Waals surface area (Å²) in [6.45, 7) is 1.69. The maximum Gasteiger partial charge on any atom is 0.111 e. The zero-order valence-electron chi connectivity index (χ0n) is 10.8. The van der Waals surface area contributed by atoms with Crippen molar-refractivity contribution in [2.24, 2.45) is 0 Å². The zero-order chi connectivity index (χ0) is 13.9. The second kappa shape index (κ2) is 6.13. The number of fused-ring (bicyclic) bond motifs is 1. The van der Waals surface area contributed by atoms with Gasteiger partial charge in [0.25, 0.3) is 0 Å². The van der Waals surface area contributed by atoms with Crippen molar-refractivity contribution >= 4 is 45.2 Å². The number of halogens is 2. The summed E-state index contributed by atoms with van der Waals surface area (Å²) in [7, 11) is 0. The summed E-state index contributed by atoms with van der Waals surface area (Å²) in [6, 6.07) is 8.29. The predicted molar refractivity (Wildman–Crippen MR) is 89.1 cm³/mol. The van der Waals surface area contributed by atoms with Crippen LogP contribution in [0.1, 0.15) is 5.82 Å². The molecule has 3 aromatic rings. The summed E-state index contributed by atoms with van der Waals surface area (Å²) in [5.74, 6) is 1.63. The second-order valence-electron chi connectivity index (χ2n) is 4.52. The topological polar surface area (TPSA) is 35.6 Å². The monoisotopic (exact) mass is 400 g/mol. The highest BCUT2D eigenvalue weighted by atomic mass is 127. The molecule has 0 N–H and O–H groups in total. The molecule has 0 unspecified atom stereocenters. The third-order valence-corrected chi connectivity index (χ3v) is 4.08. The molecule has 104 valence electrons. The first-order chi connectivity index (χ1) is 9.78. The van der Waals surface area contributed by atoms with Crippen molar-refractivity contribution in [1.29, 1.82) is 0 Å². The van der Waals surface area contributed by atoms with Crippen LogP contribution < -0.4 is 0 Å². The largest absolute Gasteiger partial charge is 0.326 e. The molecule has 0 radical (unpaired) electrons. The van der Waals surface area contributed by atoms with Crippen LogP contribution in [-0.4, -0.2) is 25.2 Å². The number of hydrogen-bond donors (Lipinski definition) is 0. The van der Waals surface area contributed by atoms with E-state index in [9.17, 15) is 0 Å². The van der Waals surface area contributed by atoms with Gasteiger partial charge in [-0.25, -0.2) is 4.98 Å². The Morgan fingerprint density at radius 3 is 2.90 bits per heavy atom. The summed E-state index contributed by atoms with van der Waals surface area (Å²) in [5.41, 5.74) is 2.20. The standard InChI is InChI=1S/C14H14ClIN4/c15-5-4-14-18-12-10-11(16)2-3-13(12)20(14)9-8-19-7-1-6-17-19/h1-3,6-7,10H,4-5,8-9H2. The van der Waals surface area contributed by atoms with Crippen LogP contribution in [0.3, 0.4) is 0 Å². The lowest BCUT2D eigenvalue weighted by atomic mass is 10.3. The van der Waals surface area contributed by atoms with E-state index in [1.165, 1.54) is 3.57 Å². The minimum absolute atomic E-state index is 0.585. The third-order valence-electron chi connectivity index (χ3n) is 3.22. The average molecular weight is 401 g/mol. The molecule has 0 saturated carbocycles. The van der Waals surface area contributed by atoms with Gasteiger partial charge in [-0.3, -0.25) is 4.68 Å². The molecule has 0 amide bonds. The van der Waals surface area contributed by atoms with Crippen LogP contribution in [0, 0.1) is 3.57 Å². The molecule has 3 rings (SSSR count). The molecule has 2 heterocycles. The van der Waals surface area contributed by atoms with Crippen molar-refractivity contribution in [3.8, 4) is 0 Å². The normalized spacial score (nSPS) is 11.3. The van der Waals surface area contributed by atoms with E-state index in [0.29, 0.717) is 5.88 Å². The van der Waals surface area contributed by atoms with Crippen LogP contribution in [0.2, 0.25) is 0 Å². The third kappa shape index (κ3) is 2.83. The number of imidazole rings is 1. The highest BCUT2D eigenvalue weighted by Crippen LogP contribution is 2.20. The van der Waals surface area contributed by atoms with E-state index in [1.807, 2.05) is 16.9 Å². The van der Waals surface area contributed by atoms with Crippen molar-refractivity contribution in [2.45, 2.75) is 19.5 Å². The van der Waals surface area contributed by atoms with Crippen LogP contribution in [-0.2, 0) is 19.5 Å². The van der Waals surface area contributed by atoms with E-state index in [2.05, 4.69) is 50.5 Å². The predicted octanol–water partition coefficient (Wildman–Crippen LogP) is 3.32. The van der Waals surface area contributed by atoms with Gasteiger partial charge in [-0.2, -0.15) is 5.10 Å². The lowest BCUT2D eigenvalue weighted by Gasteiger charge is -2.08. The Labute approximate surface area is 135 Å². The highest BCUT2D eigenvalue weighted by Gasteiger charge is 2.10. The van der Waals surface area contributed by atoms with Gasteiger partial charge in [0.15, 0.2) is 0 Å². The van der Waals surface area contributed by atoms with Gasteiger partial charge < -0.3 is 4.57 Å². The Morgan fingerprint density at radius 2 is 2.15 bits per heavy atom. The van der Waals surface area contributed by atoms with E-state index < -0.39 is 0 Å². The number of nitrogens with zero attached hydrogens (tertiary/aromatic N) is 4. The van der Waals surface area contributed by atoms with E-state index >= 15 is 0 Å². The fraction of sp³-hybridized carbons (Fsp3) is 0.286. The molecule has 0 atom stereocenters. The molecule has 0 aliphatic heterocycles. The molecule has 0 saturated heterocycles. The SMILES string of the molecule is ClCCc1nc2cc(I)ccc2n1CCn1cccn1. The zero-order valence-corrected chi connectivity index (χ0v) is 13.8. The Hall–Kier alpha value is -1.08. The smallest absolute Gasteiger partial charge is 0.111 e. The maximum absolute atomic E-state index is 5.89. The van der Waals surface area contributed by atoms with Gasteiger partial charge in [-0.15, -0.1) is 11.6 Å². The summed E-state index contributed by atoms with van der Waals surface area (Å²) < 4.78 is 5.38. The lowest BCUT2D eigenvalue weighted by Crippen LogP contribution is -2.11. The highest BCUT2D eigenvalue weighted by molar-refractivity contribution is 14.1. The minimum Gasteiger partial charge on any atom is -0.326 e. The van der Waals surface area contributed by atoms with E-state index in [0.717, 1.165) is 36.4 Å². The average Bonchev–Trinajstić information content (AvgIpc) is 3.04. The van der Waals surface area contributed by atoms with Crippen molar-refractivity contribution in [3.05, 3.63) is 46.1 Å². The van der Waals surface area contributed by atoms with Gasteiger partial charge in [-0.05, 0) is 46.9 Å². The number of alkyl halides is 1. The molecular formula is C14H14ClIN4. The Morgan fingerprint density at radius 1 is 1.25 bits per heavy atom. The quantitative estimate of drug-likeness (QED) is 0.486. The molecular weight excluding hydrogens is 387 g/mol. The van der Waals surface area contributed by atoms with Crippen molar-refractivity contribution in [3.63, 3.8) is 0 Å². The summed E-state index contributed by atoms with van der Waals surface area (Å²) >= 11 is 8.20. The van der Waals surface area contributed by atoms with Crippen LogP contribution in [0.25, 0.3) is 11.0 Å². The first-order valence-corrected chi connectivity index (χ1v) is 8.07. The van der Waals surface area contributed by atoms with E-state index in [1.54, 1.807) is 6.20 Å². The molecule has 4 nitrogen and oxygen atoms in total. The van der Waals surface area contributed by atoms with Crippen molar-refractivity contribution in [2.75, 3.05) is 5.88 Å². The van der Waals surface area contributed by atoms with Crippen LogP contribution in [0.15, 0.2) is 36.7 Å². The molecule has 20 heavy (non-hydrogen) atoms. The molecule has 1 aromatic carbocycles. The van der Waals surface area contributed by atoms with Crippen LogP contribution in [0.5, 0.6) is 0 Å². The van der Waals surface area contributed by atoms with Gasteiger partial charge >= 0.3 is 0 Å². The molecule has 0 spiro atoms. The first-order valence-electron chi connectivity index (χ1n) is 6.46. The number of hydrogen-bond acceptors (Lipinski definition) is 2. The summed E-state index contributed by atoms with van der Waals surface area (Å²) in [6.07, 6.45) is 4.56. The van der Waals surface area contributed by atoms with E-state index in [4.69, 9.17) is 16.6 Å². The Bertz CT molecular complexity index is 705. The number of rotatable bonds is 5. The minimum atomic E-state index is 0.585. The fourth-order valence-corrected chi connectivity index (χ4v) is 2.96. The molecule has 6 heteroatoms. The van der Waals surface area contributed by atoms with E-state index in [-0.39, 0.29) is 0 Å².